The van der Waals surface area contributed by atoms with Gasteiger partial charge in [0.15, 0.2) is 0 Å². The van der Waals surface area contributed by atoms with E-state index in [2.05, 4.69) is 39.9 Å². The highest BCUT2D eigenvalue weighted by Gasteiger charge is 2.40. The Kier molecular flexibility index (Phi) is 8.09. The molecule has 0 aromatic carbocycles. The Morgan fingerprint density at radius 1 is 1.17 bits per heavy atom. The number of amides is 3. The van der Waals surface area contributed by atoms with Crippen LogP contribution in [0.25, 0.3) is 0 Å². The van der Waals surface area contributed by atoms with E-state index in [-0.39, 0.29) is 35.1 Å². The van der Waals surface area contributed by atoms with Gasteiger partial charge in [-0.3, -0.25) is 14.4 Å². The number of piperidine rings is 1. The first-order valence-electron chi connectivity index (χ1n) is 11.1. The number of primary amides is 1. The fourth-order valence-electron chi connectivity index (χ4n) is 4.49. The van der Waals surface area contributed by atoms with Crippen LogP contribution in [0.5, 0.6) is 0 Å². The van der Waals surface area contributed by atoms with E-state index >= 15 is 0 Å². The molecule has 0 aromatic heterocycles. The summed E-state index contributed by atoms with van der Waals surface area (Å²) in [6.45, 7) is 13.1. The molecule has 2 saturated heterocycles. The van der Waals surface area contributed by atoms with Gasteiger partial charge < -0.3 is 20.9 Å². The number of nitrogens with two attached hydrogens (primary N) is 1. The summed E-state index contributed by atoms with van der Waals surface area (Å²) in [5, 5.41) is 3.33. The van der Waals surface area contributed by atoms with E-state index in [1.807, 2.05) is 9.80 Å². The molecule has 1 unspecified atom stereocenters. The first-order valence-corrected chi connectivity index (χ1v) is 11.1. The van der Waals surface area contributed by atoms with Crippen LogP contribution >= 0.6 is 0 Å². The van der Waals surface area contributed by atoms with E-state index in [4.69, 9.17) is 5.73 Å². The lowest BCUT2D eigenvalue weighted by atomic mass is 9.85. The first-order chi connectivity index (χ1) is 13.5. The summed E-state index contributed by atoms with van der Waals surface area (Å²) in [5.74, 6) is 0.501. The molecule has 3 N–H and O–H groups in total. The predicted octanol–water partition coefficient (Wildman–Crippen LogP) is 1.75. The van der Waals surface area contributed by atoms with Gasteiger partial charge in [0.05, 0.1) is 6.04 Å². The van der Waals surface area contributed by atoms with Crippen molar-refractivity contribution in [2.75, 3.05) is 26.2 Å². The van der Waals surface area contributed by atoms with Gasteiger partial charge in [-0.1, -0.05) is 34.6 Å². The van der Waals surface area contributed by atoms with Crippen LogP contribution in [0.1, 0.15) is 66.7 Å². The van der Waals surface area contributed by atoms with Crippen molar-refractivity contribution in [1.29, 1.82) is 0 Å². The number of hydrogen-bond donors (Lipinski definition) is 2. The highest BCUT2D eigenvalue weighted by atomic mass is 16.2. The Labute approximate surface area is 175 Å². The van der Waals surface area contributed by atoms with Crippen molar-refractivity contribution in [2.45, 2.75) is 78.8 Å². The number of likely N-dealkylation sites (tertiary alicyclic amines) is 1. The van der Waals surface area contributed by atoms with Crippen LogP contribution in [0.2, 0.25) is 0 Å². The molecule has 166 valence electrons. The van der Waals surface area contributed by atoms with Gasteiger partial charge in [-0.15, -0.1) is 0 Å². The summed E-state index contributed by atoms with van der Waals surface area (Å²) in [4.78, 5) is 41.6. The minimum Gasteiger partial charge on any atom is -0.370 e. The molecule has 7 nitrogen and oxygen atoms in total. The molecule has 2 aliphatic heterocycles. The molecule has 2 rings (SSSR count). The molecule has 7 heteroatoms. The average molecular weight is 409 g/mol. The second kappa shape index (κ2) is 9.92. The Balaban J connectivity index is 2.12. The van der Waals surface area contributed by atoms with Gasteiger partial charge >= 0.3 is 0 Å². The number of carbonyl (C=O) groups is 3. The third kappa shape index (κ3) is 6.98. The average Bonchev–Trinajstić information content (AvgIpc) is 2.60. The molecular formula is C22H40N4O3. The van der Waals surface area contributed by atoms with Crippen LogP contribution in [0.15, 0.2) is 0 Å². The Hall–Kier alpha value is -1.63. The highest BCUT2D eigenvalue weighted by molar-refractivity contribution is 5.90. The van der Waals surface area contributed by atoms with E-state index in [1.165, 1.54) is 0 Å². The van der Waals surface area contributed by atoms with E-state index in [0.717, 1.165) is 25.8 Å². The molecule has 3 amide bonds. The number of nitrogens with one attached hydrogen (secondary N) is 1. The second-order valence-corrected chi connectivity index (χ2v) is 10.4. The summed E-state index contributed by atoms with van der Waals surface area (Å²) in [6.07, 6.45) is 3.41. The van der Waals surface area contributed by atoms with E-state index in [1.54, 1.807) is 0 Å². The van der Waals surface area contributed by atoms with E-state index in [9.17, 15) is 14.4 Å². The lowest BCUT2D eigenvalue weighted by Crippen LogP contribution is -2.62. The van der Waals surface area contributed by atoms with Crippen LogP contribution in [-0.2, 0) is 14.4 Å². The lowest BCUT2D eigenvalue weighted by molar-refractivity contribution is -0.151. The van der Waals surface area contributed by atoms with Gasteiger partial charge in [-0.2, -0.15) is 0 Å². The molecule has 0 saturated carbocycles. The van der Waals surface area contributed by atoms with Crippen molar-refractivity contribution in [2.24, 2.45) is 23.0 Å². The fraction of sp³-hybridized carbons (Fsp3) is 0.864. The standard InChI is InChI=1S/C22H40N4O3/c1-15(2)12-17-20(28)26(11-8-24-17)18(14-22(3,4)5)21(29)25-9-6-16(7-10-25)13-19(23)27/h15-18,24H,6-14H2,1-5H3,(H2,23,27)/t17-,18?/m0/s1. The van der Waals surface area contributed by atoms with E-state index < -0.39 is 6.04 Å². The summed E-state index contributed by atoms with van der Waals surface area (Å²) < 4.78 is 0. The Morgan fingerprint density at radius 3 is 2.31 bits per heavy atom. The maximum Gasteiger partial charge on any atom is 0.245 e. The second-order valence-electron chi connectivity index (χ2n) is 10.4. The van der Waals surface area contributed by atoms with Crippen LogP contribution in [0, 0.1) is 17.3 Å². The van der Waals surface area contributed by atoms with E-state index in [0.29, 0.717) is 38.4 Å². The highest BCUT2D eigenvalue weighted by Crippen LogP contribution is 2.28. The van der Waals surface area contributed by atoms with Gasteiger partial charge in [0.2, 0.25) is 17.7 Å². The minimum absolute atomic E-state index is 0.0518. The van der Waals surface area contributed by atoms with Crippen LogP contribution < -0.4 is 11.1 Å². The van der Waals surface area contributed by atoms with Gasteiger partial charge in [0.25, 0.3) is 0 Å². The fourth-order valence-corrected chi connectivity index (χ4v) is 4.49. The molecule has 29 heavy (non-hydrogen) atoms. The predicted molar refractivity (Wildman–Crippen MR) is 114 cm³/mol. The number of carbonyl (C=O) groups excluding carboxylic acids is 3. The van der Waals surface area contributed by atoms with Crippen LogP contribution in [-0.4, -0.2) is 65.8 Å². The molecule has 0 bridgehead atoms. The third-order valence-corrected chi connectivity index (χ3v) is 5.91. The lowest BCUT2D eigenvalue weighted by Gasteiger charge is -2.43. The Morgan fingerprint density at radius 2 is 1.79 bits per heavy atom. The van der Waals surface area contributed by atoms with Crippen molar-refractivity contribution in [3.05, 3.63) is 0 Å². The van der Waals surface area contributed by atoms with Crippen molar-refractivity contribution < 1.29 is 14.4 Å². The van der Waals surface area contributed by atoms with Crippen LogP contribution in [0.3, 0.4) is 0 Å². The largest absolute Gasteiger partial charge is 0.370 e. The van der Waals surface area contributed by atoms with Gasteiger partial charge in [0.1, 0.15) is 6.04 Å². The molecule has 2 heterocycles. The van der Waals surface area contributed by atoms with Crippen molar-refractivity contribution in [3.8, 4) is 0 Å². The zero-order valence-corrected chi connectivity index (χ0v) is 18.9. The molecule has 0 aliphatic carbocycles. The molecule has 0 radical (unpaired) electrons. The molecule has 2 fully saturated rings. The maximum atomic E-state index is 13.5. The van der Waals surface area contributed by atoms with Crippen molar-refractivity contribution >= 4 is 17.7 Å². The molecule has 0 aromatic rings. The topological polar surface area (TPSA) is 95.7 Å². The third-order valence-electron chi connectivity index (χ3n) is 5.91. The number of piperazine rings is 1. The monoisotopic (exact) mass is 408 g/mol. The van der Waals surface area contributed by atoms with Crippen molar-refractivity contribution in [3.63, 3.8) is 0 Å². The maximum absolute atomic E-state index is 13.5. The smallest absolute Gasteiger partial charge is 0.245 e. The molecular weight excluding hydrogens is 368 g/mol. The summed E-state index contributed by atoms with van der Waals surface area (Å²) >= 11 is 0. The Bertz CT molecular complexity index is 591. The van der Waals surface area contributed by atoms with Gasteiger partial charge in [0, 0.05) is 32.6 Å². The number of hydrogen-bond acceptors (Lipinski definition) is 4. The number of nitrogens with zero attached hydrogens (tertiary/aromatic N) is 2. The number of rotatable bonds is 7. The summed E-state index contributed by atoms with van der Waals surface area (Å²) in [5.41, 5.74) is 5.26. The van der Waals surface area contributed by atoms with Crippen molar-refractivity contribution in [1.82, 2.24) is 15.1 Å². The van der Waals surface area contributed by atoms with Crippen LogP contribution in [0.4, 0.5) is 0 Å². The molecule has 2 atom stereocenters. The van der Waals surface area contributed by atoms with Gasteiger partial charge in [-0.25, -0.2) is 0 Å². The zero-order chi connectivity index (χ0) is 21.8. The minimum atomic E-state index is -0.424. The molecule has 2 aliphatic rings. The zero-order valence-electron chi connectivity index (χ0n) is 18.9. The SMILES string of the molecule is CC(C)C[C@@H]1NCCN(C(CC(C)(C)C)C(=O)N2CCC(CC(N)=O)CC2)C1=O. The van der Waals surface area contributed by atoms with Gasteiger partial charge in [-0.05, 0) is 42.9 Å². The summed E-state index contributed by atoms with van der Waals surface area (Å²) in [7, 11) is 0. The molecule has 0 spiro atoms. The quantitative estimate of drug-likeness (QED) is 0.671. The first kappa shape index (κ1) is 23.6. The normalized spacial score (nSPS) is 22.8. The summed E-state index contributed by atoms with van der Waals surface area (Å²) in [6, 6.07) is -0.632.